The number of benzene rings is 3. The van der Waals surface area contributed by atoms with Crippen molar-refractivity contribution in [2.24, 2.45) is 0 Å². The molecular formula is C33H29ClFN7O5. The first-order chi connectivity index (χ1) is 22.6. The van der Waals surface area contributed by atoms with Crippen LogP contribution in [0.1, 0.15) is 38.7 Å². The van der Waals surface area contributed by atoms with Gasteiger partial charge in [0.1, 0.15) is 12.4 Å². The number of hydrogen-bond donors (Lipinski definition) is 1. The smallest absolute Gasteiger partial charge is 0.335 e. The standard InChI is InChI=1S/C33H29ClFN7O5/c1-39-15-16-40(30(45)18-39)26-4-2-3-23-22(26)13-14-41(32(23)28(43)17-20-5-7-21(8-6-20)33(46)47)29(44)12-9-24-27(42-19-36-37-38-42)11-10-25(34)31(24)35/h2-12,19,32H,13-18H2,1H3,(H,46,47)/b12-9+/t32-/m0/s1. The number of piperazine rings is 1. The Morgan fingerprint density at radius 2 is 1.83 bits per heavy atom. The highest BCUT2D eigenvalue weighted by Crippen LogP contribution is 2.38. The van der Waals surface area contributed by atoms with Crippen LogP contribution in [0.2, 0.25) is 5.02 Å². The molecule has 0 unspecified atom stereocenters. The van der Waals surface area contributed by atoms with Crippen LogP contribution < -0.4 is 4.90 Å². The second-order valence-electron chi connectivity index (χ2n) is 11.3. The maximum atomic E-state index is 15.2. The molecule has 2 aliphatic heterocycles. The van der Waals surface area contributed by atoms with Crippen molar-refractivity contribution in [2.75, 3.05) is 38.1 Å². The molecule has 0 bridgehead atoms. The third kappa shape index (κ3) is 6.40. The van der Waals surface area contributed by atoms with Gasteiger partial charge in [0, 0.05) is 43.4 Å². The summed E-state index contributed by atoms with van der Waals surface area (Å²) >= 11 is 6.06. The van der Waals surface area contributed by atoms with Gasteiger partial charge in [-0.1, -0.05) is 35.9 Å². The number of likely N-dealkylation sites (N-methyl/N-ethyl adjacent to an activating group) is 1. The van der Waals surface area contributed by atoms with Crippen molar-refractivity contribution in [3.63, 3.8) is 0 Å². The Kier molecular flexibility index (Phi) is 8.92. The largest absolute Gasteiger partial charge is 0.478 e. The van der Waals surface area contributed by atoms with Crippen LogP contribution in [0, 0.1) is 5.82 Å². The molecule has 0 aliphatic carbocycles. The number of hydrogen-bond acceptors (Lipinski definition) is 8. The molecule has 12 nitrogen and oxygen atoms in total. The van der Waals surface area contributed by atoms with E-state index in [2.05, 4.69) is 15.5 Å². The van der Waals surface area contributed by atoms with Gasteiger partial charge in [-0.05, 0) is 77.0 Å². The Morgan fingerprint density at radius 3 is 2.53 bits per heavy atom. The van der Waals surface area contributed by atoms with E-state index in [-0.39, 0.29) is 53.0 Å². The average Bonchev–Trinajstić information content (AvgIpc) is 3.60. The summed E-state index contributed by atoms with van der Waals surface area (Å²) in [7, 11) is 1.88. The van der Waals surface area contributed by atoms with Crippen LogP contribution in [0.15, 0.2) is 67.0 Å². The van der Waals surface area contributed by atoms with Crippen molar-refractivity contribution < 1.29 is 28.7 Å². The Morgan fingerprint density at radius 1 is 1.04 bits per heavy atom. The first-order valence-electron chi connectivity index (χ1n) is 14.8. The van der Waals surface area contributed by atoms with Gasteiger partial charge in [-0.3, -0.25) is 19.3 Å². The van der Waals surface area contributed by atoms with E-state index in [0.717, 1.165) is 5.56 Å². The number of carboxylic acid groups (broad SMARTS) is 1. The number of fused-ring (bicyclic) bond motifs is 1. The van der Waals surface area contributed by atoms with Crippen LogP contribution in [0.25, 0.3) is 11.8 Å². The lowest BCUT2D eigenvalue weighted by molar-refractivity contribution is -0.136. The number of aromatic nitrogens is 4. The third-order valence-electron chi connectivity index (χ3n) is 8.36. The zero-order chi connectivity index (χ0) is 33.2. The number of carbonyl (C=O) groups excluding carboxylic acids is 3. The van der Waals surface area contributed by atoms with E-state index in [1.165, 1.54) is 52.3 Å². The molecule has 14 heteroatoms. The highest BCUT2D eigenvalue weighted by molar-refractivity contribution is 6.31. The van der Waals surface area contributed by atoms with Crippen molar-refractivity contribution in [3.8, 4) is 5.69 Å². The molecule has 2 amide bonds. The number of tetrazole rings is 1. The summed E-state index contributed by atoms with van der Waals surface area (Å²) in [5.41, 5.74) is 3.00. The van der Waals surface area contributed by atoms with E-state index in [9.17, 15) is 24.3 Å². The SMILES string of the molecule is CN1CCN(c2cccc3c2CCN(C(=O)/C=C/c2c(-n4cnnn4)ccc(Cl)c2F)[C@@H]3C(=O)Cc2ccc(C(=O)O)cc2)C(=O)C1. The number of aromatic carboxylic acids is 1. The summed E-state index contributed by atoms with van der Waals surface area (Å²) in [6.07, 6.45) is 4.04. The van der Waals surface area contributed by atoms with Gasteiger partial charge in [0.05, 0.1) is 22.8 Å². The van der Waals surface area contributed by atoms with Gasteiger partial charge in [-0.15, -0.1) is 5.10 Å². The second kappa shape index (κ2) is 13.2. The molecule has 1 atom stereocenters. The summed E-state index contributed by atoms with van der Waals surface area (Å²) in [6.45, 7) is 1.59. The summed E-state index contributed by atoms with van der Waals surface area (Å²) in [4.78, 5) is 57.5. The van der Waals surface area contributed by atoms with Crippen LogP contribution in [0.3, 0.4) is 0 Å². The van der Waals surface area contributed by atoms with E-state index >= 15 is 4.39 Å². The maximum Gasteiger partial charge on any atom is 0.335 e. The van der Waals surface area contributed by atoms with Crippen LogP contribution in [0.5, 0.6) is 0 Å². The zero-order valence-electron chi connectivity index (χ0n) is 25.2. The van der Waals surface area contributed by atoms with E-state index in [1.54, 1.807) is 29.2 Å². The van der Waals surface area contributed by atoms with Gasteiger partial charge in [-0.2, -0.15) is 4.68 Å². The fourth-order valence-corrected chi connectivity index (χ4v) is 6.20. The van der Waals surface area contributed by atoms with Crippen LogP contribution in [-0.4, -0.2) is 91.9 Å². The number of anilines is 1. The highest BCUT2D eigenvalue weighted by Gasteiger charge is 2.37. The number of ketones is 1. The first kappa shape index (κ1) is 31.7. The molecule has 1 N–H and O–H groups in total. The zero-order valence-corrected chi connectivity index (χ0v) is 26.0. The third-order valence-corrected chi connectivity index (χ3v) is 8.66. The quantitative estimate of drug-likeness (QED) is 0.282. The number of Topliss-reactive ketones (excluding diaryl/α,β-unsaturated/α-hetero) is 1. The fourth-order valence-electron chi connectivity index (χ4n) is 6.03. The topological polar surface area (TPSA) is 142 Å². The number of amides is 2. The van der Waals surface area contributed by atoms with Crippen molar-refractivity contribution in [1.29, 1.82) is 0 Å². The van der Waals surface area contributed by atoms with Crippen molar-refractivity contribution >= 4 is 46.9 Å². The molecule has 0 spiro atoms. The molecule has 3 aromatic carbocycles. The van der Waals surface area contributed by atoms with Crippen molar-refractivity contribution in [1.82, 2.24) is 30.0 Å². The van der Waals surface area contributed by atoms with E-state index in [4.69, 9.17) is 11.6 Å². The summed E-state index contributed by atoms with van der Waals surface area (Å²) < 4.78 is 16.5. The normalized spacial score (nSPS) is 16.8. The van der Waals surface area contributed by atoms with E-state index < -0.39 is 23.7 Å². The molecule has 0 radical (unpaired) electrons. The fraction of sp³-hybridized carbons (Fsp3) is 0.242. The number of halogens is 2. The molecule has 3 heterocycles. The molecule has 1 saturated heterocycles. The molecule has 240 valence electrons. The number of carboxylic acids is 1. The Bertz CT molecular complexity index is 1900. The Balaban J connectivity index is 1.37. The van der Waals surface area contributed by atoms with Gasteiger partial charge in [-0.25, -0.2) is 9.18 Å². The average molecular weight is 658 g/mol. The number of rotatable bonds is 8. The lowest BCUT2D eigenvalue weighted by Crippen LogP contribution is -2.50. The van der Waals surface area contributed by atoms with Crippen LogP contribution in [0.4, 0.5) is 10.1 Å². The molecule has 0 saturated carbocycles. The molecular weight excluding hydrogens is 629 g/mol. The van der Waals surface area contributed by atoms with E-state index in [0.29, 0.717) is 36.3 Å². The Labute approximate surface area is 273 Å². The first-order valence-corrected chi connectivity index (χ1v) is 15.2. The minimum atomic E-state index is -1.09. The highest BCUT2D eigenvalue weighted by atomic mass is 35.5. The number of nitrogens with zero attached hydrogens (tertiary/aromatic N) is 7. The molecule has 1 fully saturated rings. The minimum absolute atomic E-state index is 0.0205. The second-order valence-corrected chi connectivity index (χ2v) is 11.7. The lowest BCUT2D eigenvalue weighted by atomic mass is 9.86. The maximum absolute atomic E-state index is 15.2. The van der Waals surface area contributed by atoms with Gasteiger partial charge in [0.15, 0.2) is 11.6 Å². The minimum Gasteiger partial charge on any atom is -0.478 e. The summed E-state index contributed by atoms with van der Waals surface area (Å²) in [5.74, 6) is -2.76. The van der Waals surface area contributed by atoms with Crippen molar-refractivity contribution in [3.05, 3.63) is 106 Å². The lowest BCUT2D eigenvalue weighted by Gasteiger charge is -2.39. The van der Waals surface area contributed by atoms with Gasteiger partial charge in [0.25, 0.3) is 0 Å². The Hall–Kier alpha value is -5.27. The predicted octanol–water partition coefficient (Wildman–Crippen LogP) is 3.38. The molecule has 2 aliphatic rings. The van der Waals surface area contributed by atoms with Gasteiger partial charge in [0.2, 0.25) is 11.8 Å². The van der Waals surface area contributed by atoms with Crippen LogP contribution >= 0.6 is 11.6 Å². The molecule has 47 heavy (non-hydrogen) atoms. The summed E-state index contributed by atoms with van der Waals surface area (Å²) in [5, 5.41) is 20.1. The number of carbonyl (C=O) groups is 4. The molecule has 6 rings (SSSR count). The predicted molar refractivity (Wildman–Crippen MR) is 170 cm³/mol. The summed E-state index contributed by atoms with van der Waals surface area (Å²) in [6, 6.07) is 13.2. The van der Waals surface area contributed by atoms with Gasteiger partial charge >= 0.3 is 5.97 Å². The van der Waals surface area contributed by atoms with Gasteiger partial charge < -0.3 is 14.9 Å². The van der Waals surface area contributed by atoms with E-state index in [1.807, 2.05) is 18.0 Å². The van der Waals surface area contributed by atoms with Crippen molar-refractivity contribution in [2.45, 2.75) is 18.9 Å². The monoisotopic (exact) mass is 657 g/mol. The van der Waals surface area contributed by atoms with Crippen LogP contribution in [-0.2, 0) is 27.2 Å². The molecule has 4 aromatic rings. The molecule has 1 aromatic heterocycles.